The predicted molar refractivity (Wildman–Crippen MR) is 121 cm³/mol. The van der Waals surface area contributed by atoms with Crippen LogP contribution in [-0.2, 0) is 11.3 Å². The second-order valence-electron chi connectivity index (χ2n) is 6.75. The summed E-state index contributed by atoms with van der Waals surface area (Å²) in [6.07, 6.45) is 3.20. The van der Waals surface area contributed by atoms with E-state index in [-0.39, 0.29) is 18.3 Å². The van der Waals surface area contributed by atoms with Gasteiger partial charge in [0, 0.05) is 54.4 Å². The van der Waals surface area contributed by atoms with E-state index in [9.17, 15) is 4.79 Å². The predicted octanol–water partition coefficient (Wildman–Crippen LogP) is 3.34. The van der Waals surface area contributed by atoms with Crippen molar-refractivity contribution in [3.8, 4) is 5.75 Å². The zero-order valence-electron chi connectivity index (χ0n) is 16.3. The van der Waals surface area contributed by atoms with Crippen molar-refractivity contribution in [2.45, 2.75) is 6.54 Å². The summed E-state index contributed by atoms with van der Waals surface area (Å²) in [4.78, 5) is 23.8. The number of amides is 1. The summed E-state index contributed by atoms with van der Waals surface area (Å²) in [5.74, 6) is 1.04. The van der Waals surface area contributed by atoms with E-state index in [0.717, 1.165) is 33.5 Å². The van der Waals surface area contributed by atoms with Crippen molar-refractivity contribution in [3.05, 3.63) is 50.7 Å². The molecule has 1 fully saturated rings. The molecule has 1 aliphatic rings. The number of carbonyl (C=O) groups excluding carboxylic acids is 1. The Hall–Kier alpha value is -3.05. The van der Waals surface area contributed by atoms with Gasteiger partial charge in [-0.05, 0) is 51.4 Å². The van der Waals surface area contributed by atoms with Crippen LogP contribution in [0.2, 0.25) is 0 Å². The number of benzene rings is 1. The number of fused-ring (bicyclic) bond motifs is 1. The van der Waals surface area contributed by atoms with Gasteiger partial charge in [-0.2, -0.15) is 5.10 Å². The first-order valence-corrected chi connectivity index (χ1v) is 10.4. The van der Waals surface area contributed by atoms with Crippen molar-refractivity contribution >= 4 is 50.9 Å². The molecule has 1 aliphatic heterocycles. The van der Waals surface area contributed by atoms with Gasteiger partial charge in [-0.1, -0.05) is 0 Å². The first-order chi connectivity index (χ1) is 14.6. The van der Waals surface area contributed by atoms with E-state index < -0.39 is 0 Å². The number of pyridine rings is 1. The highest BCUT2D eigenvalue weighted by molar-refractivity contribution is 14.1. The molecule has 0 radical (unpaired) electrons. The third-order valence-electron chi connectivity index (χ3n) is 5.09. The molecular formula is C19H19IN8O2. The quantitative estimate of drug-likeness (QED) is 0.223. The van der Waals surface area contributed by atoms with Crippen LogP contribution in [0.3, 0.4) is 0 Å². The van der Waals surface area contributed by atoms with E-state index >= 15 is 0 Å². The third-order valence-corrected chi connectivity index (χ3v) is 5.98. The highest BCUT2D eigenvalue weighted by atomic mass is 127. The van der Waals surface area contributed by atoms with Gasteiger partial charge in [-0.25, -0.2) is 0 Å². The number of carbonyl (C=O) groups is 1. The Morgan fingerprint density at radius 2 is 2.10 bits per heavy atom. The second-order valence-corrected chi connectivity index (χ2v) is 7.91. The molecule has 0 saturated carbocycles. The molecule has 0 bridgehead atoms. The minimum atomic E-state index is -0.0319. The zero-order valence-corrected chi connectivity index (χ0v) is 18.4. The molecule has 0 unspecified atom stereocenters. The van der Waals surface area contributed by atoms with Crippen LogP contribution in [-0.4, -0.2) is 58.9 Å². The van der Waals surface area contributed by atoms with Gasteiger partial charge in [-0.3, -0.25) is 14.5 Å². The molecule has 2 aromatic heterocycles. The minimum absolute atomic E-state index is 0.0319. The molecule has 0 atom stereocenters. The maximum atomic E-state index is 12.9. The molecule has 11 heteroatoms. The summed E-state index contributed by atoms with van der Waals surface area (Å²) < 4.78 is 8.02. The fourth-order valence-electron chi connectivity index (χ4n) is 3.54. The number of nitrogens with zero attached hydrogens (tertiary/aromatic N) is 8. The molecule has 1 amide bonds. The number of halogens is 1. The molecule has 154 valence electrons. The van der Waals surface area contributed by atoms with Crippen molar-refractivity contribution in [2.75, 3.05) is 38.2 Å². The molecule has 10 nitrogen and oxygen atoms in total. The first-order valence-electron chi connectivity index (χ1n) is 9.32. The number of piperazine rings is 1. The second kappa shape index (κ2) is 8.76. The molecule has 4 rings (SSSR count). The Balaban J connectivity index is 1.44. The van der Waals surface area contributed by atoms with E-state index in [2.05, 4.69) is 53.7 Å². The van der Waals surface area contributed by atoms with Crippen LogP contribution in [0.5, 0.6) is 5.75 Å². The monoisotopic (exact) mass is 518 g/mol. The number of aromatic nitrogens is 3. The first kappa shape index (κ1) is 20.2. The van der Waals surface area contributed by atoms with Gasteiger partial charge in [0.25, 0.3) is 0 Å². The number of rotatable bonds is 5. The van der Waals surface area contributed by atoms with Crippen LogP contribution in [0.4, 0.5) is 11.5 Å². The number of anilines is 1. The van der Waals surface area contributed by atoms with Crippen molar-refractivity contribution in [1.82, 2.24) is 19.7 Å². The van der Waals surface area contributed by atoms with Crippen LogP contribution in [0.25, 0.3) is 21.3 Å². The zero-order chi connectivity index (χ0) is 21.1. The smallest absolute Gasteiger partial charge is 0.244 e. The number of hydrogen-bond acceptors (Lipinski definition) is 6. The molecule has 3 aromatic rings. The van der Waals surface area contributed by atoms with Gasteiger partial charge in [0.05, 0.1) is 22.4 Å². The SMILES string of the molecule is COc1cc(N2CCN(C(=O)Cn3ncc4ccnc(N=[N+]=[N-])c43)CC2)ccc1I. The van der Waals surface area contributed by atoms with Crippen LogP contribution < -0.4 is 9.64 Å². The van der Waals surface area contributed by atoms with E-state index in [1.165, 1.54) is 0 Å². The lowest BCUT2D eigenvalue weighted by Crippen LogP contribution is -2.49. The average Bonchev–Trinajstić information content (AvgIpc) is 3.18. The molecule has 1 saturated heterocycles. The van der Waals surface area contributed by atoms with E-state index in [1.54, 1.807) is 30.3 Å². The summed E-state index contributed by atoms with van der Waals surface area (Å²) in [7, 11) is 1.67. The molecule has 0 spiro atoms. The van der Waals surface area contributed by atoms with Gasteiger partial charge in [-0.15, -0.1) is 0 Å². The fourth-order valence-corrected chi connectivity index (χ4v) is 4.09. The van der Waals surface area contributed by atoms with E-state index in [4.69, 9.17) is 10.3 Å². The number of ether oxygens (including phenoxy) is 1. The maximum absolute atomic E-state index is 12.9. The summed E-state index contributed by atoms with van der Waals surface area (Å²) >= 11 is 2.25. The Morgan fingerprint density at radius 3 is 2.83 bits per heavy atom. The van der Waals surface area contributed by atoms with Gasteiger partial charge >= 0.3 is 0 Å². The summed E-state index contributed by atoms with van der Waals surface area (Å²) in [6.45, 7) is 2.78. The minimum Gasteiger partial charge on any atom is -0.496 e. The maximum Gasteiger partial charge on any atom is 0.244 e. The fraction of sp³-hybridized carbons (Fsp3) is 0.316. The van der Waals surface area contributed by atoms with Gasteiger partial charge < -0.3 is 14.5 Å². The van der Waals surface area contributed by atoms with E-state index in [1.807, 2.05) is 17.0 Å². The van der Waals surface area contributed by atoms with E-state index in [0.29, 0.717) is 18.6 Å². The van der Waals surface area contributed by atoms with Crippen molar-refractivity contribution in [3.63, 3.8) is 0 Å². The Bertz CT molecular complexity index is 1130. The van der Waals surface area contributed by atoms with Gasteiger partial charge in [0.1, 0.15) is 12.3 Å². The lowest BCUT2D eigenvalue weighted by atomic mass is 10.2. The lowest BCUT2D eigenvalue weighted by Gasteiger charge is -2.36. The van der Waals surface area contributed by atoms with Gasteiger partial charge in [0.2, 0.25) is 5.91 Å². The number of hydrogen-bond donors (Lipinski definition) is 0. The standard InChI is InChI=1S/C19H19IN8O2/c1-30-16-10-14(2-3-15(16)20)26-6-8-27(9-7-26)17(29)12-28-18-13(11-23-28)4-5-22-19(18)24-25-21/h2-5,10-11H,6-9,12H2,1H3. The van der Waals surface area contributed by atoms with Crippen molar-refractivity contribution in [1.29, 1.82) is 0 Å². The number of methoxy groups -OCH3 is 1. The molecule has 1 aromatic carbocycles. The highest BCUT2D eigenvalue weighted by Gasteiger charge is 2.23. The van der Waals surface area contributed by atoms with Crippen molar-refractivity contribution in [2.24, 2.45) is 5.11 Å². The molecular weight excluding hydrogens is 499 g/mol. The summed E-state index contributed by atoms with van der Waals surface area (Å²) in [5, 5.41) is 8.68. The topological polar surface area (TPSA) is 112 Å². The normalized spacial score (nSPS) is 13.9. The van der Waals surface area contributed by atoms with Crippen LogP contribution >= 0.6 is 22.6 Å². The highest BCUT2D eigenvalue weighted by Crippen LogP contribution is 2.28. The molecule has 0 aliphatic carbocycles. The molecule has 0 N–H and O–H groups in total. The Kier molecular flexibility index (Phi) is 5.91. The Labute approximate surface area is 186 Å². The summed E-state index contributed by atoms with van der Waals surface area (Å²) in [5.41, 5.74) is 10.4. The molecule has 30 heavy (non-hydrogen) atoms. The average molecular weight is 518 g/mol. The largest absolute Gasteiger partial charge is 0.496 e. The lowest BCUT2D eigenvalue weighted by molar-refractivity contribution is -0.132. The van der Waals surface area contributed by atoms with Crippen molar-refractivity contribution < 1.29 is 9.53 Å². The molecule has 3 heterocycles. The Morgan fingerprint density at radius 1 is 1.30 bits per heavy atom. The van der Waals surface area contributed by atoms with Crippen LogP contribution in [0.1, 0.15) is 0 Å². The van der Waals surface area contributed by atoms with Gasteiger partial charge in [0.15, 0.2) is 5.82 Å². The number of azide groups is 1. The van der Waals surface area contributed by atoms with Crippen LogP contribution in [0, 0.1) is 3.57 Å². The third kappa shape index (κ3) is 3.98. The van der Waals surface area contributed by atoms with Crippen LogP contribution in [0.15, 0.2) is 41.8 Å². The summed E-state index contributed by atoms with van der Waals surface area (Å²) in [6, 6.07) is 7.90.